The number of aliphatic hydroxyl groups is 1. The van der Waals surface area contributed by atoms with E-state index in [9.17, 15) is 0 Å². The van der Waals surface area contributed by atoms with Gasteiger partial charge in [-0.2, -0.15) is 0 Å². The van der Waals surface area contributed by atoms with Crippen molar-refractivity contribution in [2.75, 3.05) is 32.8 Å². The van der Waals surface area contributed by atoms with Crippen molar-refractivity contribution < 1.29 is 9.84 Å². The van der Waals surface area contributed by atoms with Gasteiger partial charge in [-0.1, -0.05) is 12.1 Å². The lowest BCUT2D eigenvalue weighted by Gasteiger charge is -2.32. The Morgan fingerprint density at radius 2 is 2.30 bits per heavy atom. The molecule has 0 spiro atoms. The number of benzene rings is 1. The third kappa shape index (κ3) is 3.33. The summed E-state index contributed by atoms with van der Waals surface area (Å²) >= 11 is 0. The second-order valence-corrected chi connectivity index (χ2v) is 6.11. The molecule has 0 radical (unpaired) electrons. The van der Waals surface area contributed by atoms with Gasteiger partial charge in [-0.25, -0.2) is 0 Å². The van der Waals surface area contributed by atoms with E-state index >= 15 is 0 Å². The van der Waals surface area contributed by atoms with Crippen LogP contribution in [0.5, 0.6) is 5.75 Å². The zero-order chi connectivity index (χ0) is 13.8. The van der Waals surface area contributed by atoms with Crippen LogP contribution in [0.4, 0.5) is 0 Å². The fourth-order valence-corrected chi connectivity index (χ4v) is 3.46. The fourth-order valence-electron chi connectivity index (χ4n) is 3.46. The first-order valence-corrected chi connectivity index (χ1v) is 7.93. The highest BCUT2D eigenvalue weighted by Gasteiger charge is 2.19. The van der Waals surface area contributed by atoms with E-state index < -0.39 is 0 Å². The van der Waals surface area contributed by atoms with Crippen LogP contribution in [-0.4, -0.2) is 42.9 Å². The second kappa shape index (κ2) is 6.59. The Balaban J connectivity index is 1.51. The maximum atomic E-state index is 9.07. The Hall–Kier alpha value is -1.06. The van der Waals surface area contributed by atoms with Crippen LogP contribution in [0.3, 0.4) is 0 Å². The summed E-state index contributed by atoms with van der Waals surface area (Å²) in [6.07, 6.45) is 5.72. The fraction of sp³-hybridized carbons (Fsp3) is 0.647. The number of hydrogen-bond donors (Lipinski definition) is 1. The Kier molecular flexibility index (Phi) is 4.58. The van der Waals surface area contributed by atoms with Crippen LogP contribution in [0.25, 0.3) is 0 Å². The van der Waals surface area contributed by atoms with Gasteiger partial charge in [0.15, 0.2) is 0 Å². The molecule has 3 rings (SSSR count). The van der Waals surface area contributed by atoms with Gasteiger partial charge in [-0.15, -0.1) is 0 Å². The third-order valence-electron chi connectivity index (χ3n) is 4.61. The van der Waals surface area contributed by atoms with Crippen molar-refractivity contribution in [1.82, 2.24) is 4.90 Å². The summed E-state index contributed by atoms with van der Waals surface area (Å²) in [4.78, 5) is 2.56. The predicted molar refractivity (Wildman–Crippen MR) is 80.2 cm³/mol. The first kappa shape index (κ1) is 13.9. The summed E-state index contributed by atoms with van der Waals surface area (Å²) in [5.74, 6) is 1.77. The molecule has 0 aliphatic carbocycles. The molecule has 2 aliphatic rings. The standard InChI is InChI=1S/C17H25NO2/c19-10-6-15-2-1-8-18(13-15)9-5-14-3-4-17-16(12-14)7-11-20-17/h3-4,12,15,19H,1-2,5-11,13H2. The van der Waals surface area contributed by atoms with Crippen molar-refractivity contribution in [1.29, 1.82) is 0 Å². The maximum absolute atomic E-state index is 9.07. The first-order chi connectivity index (χ1) is 9.85. The lowest BCUT2D eigenvalue weighted by Crippen LogP contribution is -2.37. The van der Waals surface area contributed by atoms with Gasteiger partial charge in [0.05, 0.1) is 6.61 Å². The average Bonchev–Trinajstić information content (AvgIpc) is 2.93. The number of rotatable bonds is 5. The van der Waals surface area contributed by atoms with Crippen molar-refractivity contribution in [3.63, 3.8) is 0 Å². The number of hydrogen-bond acceptors (Lipinski definition) is 3. The largest absolute Gasteiger partial charge is 0.493 e. The minimum atomic E-state index is 0.337. The topological polar surface area (TPSA) is 32.7 Å². The van der Waals surface area contributed by atoms with Crippen LogP contribution in [0.1, 0.15) is 30.4 Å². The van der Waals surface area contributed by atoms with Crippen LogP contribution < -0.4 is 4.74 Å². The van der Waals surface area contributed by atoms with Gasteiger partial charge in [0.25, 0.3) is 0 Å². The van der Waals surface area contributed by atoms with Crippen molar-refractivity contribution in [2.45, 2.75) is 32.1 Å². The van der Waals surface area contributed by atoms with Crippen LogP contribution in [-0.2, 0) is 12.8 Å². The van der Waals surface area contributed by atoms with Gasteiger partial charge >= 0.3 is 0 Å². The van der Waals surface area contributed by atoms with E-state index in [4.69, 9.17) is 9.84 Å². The Morgan fingerprint density at radius 3 is 3.20 bits per heavy atom. The van der Waals surface area contributed by atoms with E-state index in [1.54, 1.807) is 0 Å². The van der Waals surface area contributed by atoms with Crippen molar-refractivity contribution in [3.05, 3.63) is 29.3 Å². The van der Waals surface area contributed by atoms with Crippen LogP contribution >= 0.6 is 0 Å². The summed E-state index contributed by atoms with van der Waals surface area (Å²) in [6, 6.07) is 6.65. The van der Waals surface area contributed by atoms with E-state index in [0.717, 1.165) is 44.7 Å². The van der Waals surface area contributed by atoms with Crippen LogP contribution in [0, 0.1) is 5.92 Å². The molecule has 3 heteroatoms. The Morgan fingerprint density at radius 1 is 1.35 bits per heavy atom. The third-order valence-corrected chi connectivity index (χ3v) is 4.61. The summed E-state index contributed by atoms with van der Waals surface area (Å²) in [6.45, 7) is 4.70. The molecule has 20 heavy (non-hydrogen) atoms. The molecular formula is C17H25NO2. The summed E-state index contributed by atoms with van der Waals surface area (Å²) in [7, 11) is 0. The molecule has 1 fully saturated rings. The highest BCUT2D eigenvalue weighted by atomic mass is 16.5. The predicted octanol–water partition coefficient (Wildman–Crippen LogP) is 2.26. The molecule has 0 amide bonds. The monoisotopic (exact) mass is 275 g/mol. The summed E-state index contributed by atoms with van der Waals surface area (Å²) in [5.41, 5.74) is 2.80. The summed E-state index contributed by atoms with van der Waals surface area (Å²) < 4.78 is 5.55. The van der Waals surface area contributed by atoms with Crippen LogP contribution in [0.15, 0.2) is 18.2 Å². The molecule has 0 aromatic heterocycles. The molecule has 1 N–H and O–H groups in total. The minimum Gasteiger partial charge on any atom is -0.493 e. The van der Waals surface area contributed by atoms with Gasteiger partial charge < -0.3 is 14.7 Å². The second-order valence-electron chi connectivity index (χ2n) is 6.11. The average molecular weight is 275 g/mol. The van der Waals surface area contributed by atoms with E-state index in [-0.39, 0.29) is 0 Å². The molecule has 1 atom stereocenters. The molecule has 1 aromatic rings. The van der Waals surface area contributed by atoms with E-state index in [1.165, 1.54) is 30.5 Å². The maximum Gasteiger partial charge on any atom is 0.122 e. The van der Waals surface area contributed by atoms with Gasteiger partial charge in [0.2, 0.25) is 0 Å². The quantitative estimate of drug-likeness (QED) is 0.894. The number of ether oxygens (including phenoxy) is 1. The highest BCUT2D eigenvalue weighted by molar-refractivity contribution is 5.39. The van der Waals surface area contributed by atoms with Gasteiger partial charge in [-0.05, 0) is 55.3 Å². The highest BCUT2D eigenvalue weighted by Crippen LogP contribution is 2.26. The zero-order valence-electron chi connectivity index (χ0n) is 12.2. The van der Waals surface area contributed by atoms with Crippen LogP contribution in [0.2, 0.25) is 0 Å². The number of likely N-dealkylation sites (tertiary alicyclic amines) is 1. The first-order valence-electron chi connectivity index (χ1n) is 7.93. The molecule has 3 nitrogen and oxygen atoms in total. The van der Waals surface area contributed by atoms with Gasteiger partial charge in [0, 0.05) is 26.1 Å². The SMILES string of the molecule is OCCC1CCCN(CCc2ccc3c(c2)CCO3)C1. The lowest BCUT2D eigenvalue weighted by atomic mass is 9.95. The van der Waals surface area contributed by atoms with Crippen molar-refractivity contribution in [3.8, 4) is 5.75 Å². The number of aliphatic hydroxyl groups excluding tert-OH is 1. The molecule has 2 aliphatic heterocycles. The van der Waals surface area contributed by atoms with Crippen molar-refractivity contribution in [2.24, 2.45) is 5.92 Å². The number of piperidine rings is 1. The minimum absolute atomic E-state index is 0.337. The molecule has 1 unspecified atom stereocenters. The molecule has 0 bridgehead atoms. The van der Waals surface area contributed by atoms with E-state index in [1.807, 2.05) is 0 Å². The molecule has 2 heterocycles. The van der Waals surface area contributed by atoms with Gasteiger partial charge in [-0.3, -0.25) is 0 Å². The molecule has 110 valence electrons. The number of fused-ring (bicyclic) bond motifs is 1. The number of nitrogens with zero attached hydrogens (tertiary/aromatic N) is 1. The molecule has 0 saturated carbocycles. The smallest absolute Gasteiger partial charge is 0.122 e. The lowest BCUT2D eigenvalue weighted by molar-refractivity contribution is 0.149. The summed E-state index contributed by atoms with van der Waals surface area (Å²) in [5, 5.41) is 9.07. The molecule has 1 aromatic carbocycles. The Labute approximate surface area is 121 Å². The normalized spacial score (nSPS) is 22.6. The Bertz CT molecular complexity index is 445. The van der Waals surface area contributed by atoms with E-state index in [0.29, 0.717) is 12.5 Å². The molecule has 1 saturated heterocycles. The van der Waals surface area contributed by atoms with Gasteiger partial charge in [0.1, 0.15) is 5.75 Å². The molecular weight excluding hydrogens is 250 g/mol. The zero-order valence-corrected chi connectivity index (χ0v) is 12.2. The van der Waals surface area contributed by atoms with E-state index in [2.05, 4.69) is 23.1 Å². The van der Waals surface area contributed by atoms with Crippen molar-refractivity contribution >= 4 is 0 Å².